The molecule has 2 rings (SSSR count). The van der Waals surface area contributed by atoms with Gasteiger partial charge in [-0.05, 0) is 19.1 Å². The van der Waals surface area contributed by atoms with Gasteiger partial charge in [-0.2, -0.15) is 0 Å². The molecule has 1 amide bonds. The quantitative estimate of drug-likeness (QED) is 0.722. The van der Waals surface area contributed by atoms with E-state index in [1.807, 2.05) is 4.90 Å². The number of hydrogen-bond donors (Lipinski definition) is 2. The maximum Gasteiger partial charge on any atom is 0.330 e. The SMILES string of the molecule is CCOC(=O)C1CNCCN1c1cccc(C(N)=O)n1. The van der Waals surface area contributed by atoms with Crippen molar-refractivity contribution in [2.45, 2.75) is 13.0 Å². The lowest BCUT2D eigenvalue weighted by atomic mass is 10.2. The maximum absolute atomic E-state index is 12.0. The monoisotopic (exact) mass is 278 g/mol. The number of piperazine rings is 1. The van der Waals surface area contributed by atoms with E-state index in [9.17, 15) is 9.59 Å². The van der Waals surface area contributed by atoms with Crippen LogP contribution < -0.4 is 16.0 Å². The average molecular weight is 278 g/mol. The fourth-order valence-corrected chi connectivity index (χ4v) is 2.15. The lowest BCUT2D eigenvalue weighted by Gasteiger charge is -2.35. The number of amides is 1. The zero-order chi connectivity index (χ0) is 14.5. The first-order valence-corrected chi connectivity index (χ1v) is 6.54. The van der Waals surface area contributed by atoms with Gasteiger partial charge in [0.1, 0.15) is 17.6 Å². The van der Waals surface area contributed by atoms with Crippen molar-refractivity contribution in [3.05, 3.63) is 23.9 Å². The molecule has 0 aliphatic carbocycles. The van der Waals surface area contributed by atoms with Crippen molar-refractivity contribution in [1.29, 1.82) is 0 Å². The third-order valence-electron chi connectivity index (χ3n) is 3.08. The molecule has 0 spiro atoms. The molecule has 1 aliphatic rings. The van der Waals surface area contributed by atoms with E-state index >= 15 is 0 Å². The summed E-state index contributed by atoms with van der Waals surface area (Å²) in [5.41, 5.74) is 5.41. The number of nitrogens with two attached hydrogens (primary N) is 1. The van der Waals surface area contributed by atoms with Crippen molar-refractivity contribution in [3.63, 3.8) is 0 Å². The Morgan fingerprint density at radius 2 is 2.35 bits per heavy atom. The lowest BCUT2D eigenvalue weighted by Crippen LogP contribution is -2.56. The van der Waals surface area contributed by atoms with Crippen LogP contribution in [0.3, 0.4) is 0 Å². The lowest BCUT2D eigenvalue weighted by molar-refractivity contribution is -0.144. The van der Waals surface area contributed by atoms with E-state index in [-0.39, 0.29) is 11.7 Å². The van der Waals surface area contributed by atoms with Crippen LogP contribution in [0.1, 0.15) is 17.4 Å². The van der Waals surface area contributed by atoms with Crippen LogP contribution in [0.5, 0.6) is 0 Å². The molecule has 0 bridgehead atoms. The normalized spacial score (nSPS) is 18.6. The Morgan fingerprint density at radius 3 is 3.05 bits per heavy atom. The Balaban J connectivity index is 2.25. The molecule has 7 nitrogen and oxygen atoms in total. The van der Waals surface area contributed by atoms with Gasteiger partial charge in [0.05, 0.1) is 6.61 Å². The topological polar surface area (TPSA) is 97.5 Å². The molecule has 1 fully saturated rings. The van der Waals surface area contributed by atoms with Gasteiger partial charge in [-0.15, -0.1) is 0 Å². The van der Waals surface area contributed by atoms with Gasteiger partial charge < -0.3 is 20.7 Å². The molecule has 2 heterocycles. The smallest absolute Gasteiger partial charge is 0.330 e. The van der Waals surface area contributed by atoms with Crippen LogP contribution in [0.25, 0.3) is 0 Å². The second kappa shape index (κ2) is 6.33. The minimum atomic E-state index is -0.588. The highest BCUT2D eigenvalue weighted by molar-refractivity contribution is 5.91. The Morgan fingerprint density at radius 1 is 1.55 bits per heavy atom. The number of anilines is 1. The summed E-state index contributed by atoms with van der Waals surface area (Å²) in [6.45, 7) is 3.93. The highest BCUT2D eigenvalue weighted by Gasteiger charge is 2.30. The van der Waals surface area contributed by atoms with E-state index in [2.05, 4.69) is 10.3 Å². The highest BCUT2D eigenvalue weighted by atomic mass is 16.5. The van der Waals surface area contributed by atoms with Crippen molar-refractivity contribution in [2.75, 3.05) is 31.1 Å². The third kappa shape index (κ3) is 3.05. The van der Waals surface area contributed by atoms with E-state index in [0.717, 1.165) is 6.54 Å². The number of carbonyl (C=O) groups excluding carboxylic acids is 2. The van der Waals surface area contributed by atoms with Crippen LogP contribution in [-0.4, -0.2) is 49.1 Å². The molecule has 1 aromatic rings. The van der Waals surface area contributed by atoms with Crippen molar-refractivity contribution < 1.29 is 14.3 Å². The summed E-state index contributed by atoms with van der Waals surface area (Å²) in [4.78, 5) is 29.2. The second-order valence-electron chi connectivity index (χ2n) is 4.41. The highest BCUT2D eigenvalue weighted by Crippen LogP contribution is 2.17. The number of rotatable bonds is 4. The number of hydrogen-bond acceptors (Lipinski definition) is 6. The molecule has 108 valence electrons. The van der Waals surface area contributed by atoms with Crippen LogP contribution in [-0.2, 0) is 9.53 Å². The summed E-state index contributed by atoms with van der Waals surface area (Å²) >= 11 is 0. The van der Waals surface area contributed by atoms with Crippen LogP contribution >= 0.6 is 0 Å². The summed E-state index contributed by atoms with van der Waals surface area (Å²) in [6, 6.07) is 4.56. The molecule has 3 N–H and O–H groups in total. The molecule has 1 saturated heterocycles. The van der Waals surface area contributed by atoms with Crippen LogP contribution in [0.15, 0.2) is 18.2 Å². The van der Waals surface area contributed by atoms with E-state index < -0.39 is 11.9 Å². The number of nitrogens with one attached hydrogen (secondary N) is 1. The van der Waals surface area contributed by atoms with E-state index in [1.54, 1.807) is 25.1 Å². The average Bonchev–Trinajstić information content (AvgIpc) is 2.47. The Labute approximate surface area is 117 Å². The maximum atomic E-state index is 12.0. The van der Waals surface area contributed by atoms with Crippen LogP contribution in [0.4, 0.5) is 5.82 Å². The van der Waals surface area contributed by atoms with Crippen molar-refractivity contribution in [2.24, 2.45) is 5.73 Å². The van der Waals surface area contributed by atoms with Gasteiger partial charge in [0.2, 0.25) is 0 Å². The van der Waals surface area contributed by atoms with Gasteiger partial charge in [0.15, 0.2) is 0 Å². The first-order chi connectivity index (χ1) is 9.63. The first kappa shape index (κ1) is 14.3. The first-order valence-electron chi connectivity index (χ1n) is 6.54. The number of carbonyl (C=O) groups is 2. The van der Waals surface area contributed by atoms with Gasteiger partial charge in [-0.1, -0.05) is 6.07 Å². The summed E-state index contributed by atoms with van der Waals surface area (Å²) in [5.74, 6) is -0.332. The molecule has 0 saturated carbocycles. The molecule has 1 atom stereocenters. The van der Waals surface area contributed by atoms with Crippen LogP contribution in [0, 0.1) is 0 Å². The summed E-state index contributed by atoms with van der Waals surface area (Å²) < 4.78 is 5.07. The Kier molecular flexibility index (Phi) is 4.52. The molecule has 1 aliphatic heterocycles. The van der Waals surface area contributed by atoms with E-state index in [1.165, 1.54) is 0 Å². The van der Waals surface area contributed by atoms with Crippen molar-refractivity contribution >= 4 is 17.7 Å². The molecule has 7 heteroatoms. The standard InChI is InChI=1S/C13H18N4O3/c1-2-20-13(19)10-8-15-6-7-17(10)11-5-3-4-9(16-11)12(14)18/h3-5,10,15H,2,6-8H2,1H3,(H2,14,18). The molecule has 1 unspecified atom stereocenters. The predicted molar refractivity (Wildman–Crippen MR) is 73.4 cm³/mol. The number of esters is 1. The zero-order valence-corrected chi connectivity index (χ0v) is 11.3. The minimum absolute atomic E-state index is 0.184. The Hall–Kier alpha value is -2.15. The van der Waals surface area contributed by atoms with Crippen LogP contribution in [0.2, 0.25) is 0 Å². The molecule has 1 aromatic heterocycles. The predicted octanol–water partition coefficient (Wildman–Crippen LogP) is -0.478. The number of primary amides is 1. The second-order valence-corrected chi connectivity index (χ2v) is 4.41. The van der Waals surface area contributed by atoms with Crippen molar-refractivity contribution in [3.8, 4) is 0 Å². The summed E-state index contributed by atoms with van der Waals surface area (Å²) in [5, 5.41) is 3.15. The number of aromatic nitrogens is 1. The zero-order valence-electron chi connectivity index (χ0n) is 11.3. The van der Waals surface area contributed by atoms with Gasteiger partial charge in [-0.3, -0.25) is 4.79 Å². The van der Waals surface area contributed by atoms with Crippen molar-refractivity contribution in [1.82, 2.24) is 10.3 Å². The fourth-order valence-electron chi connectivity index (χ4n) is 2.15. The number of pyridine rings is 1. The Bertz CT molecular complexity index is 506. The van der Waals surface area contributed by atoms with Gasteiger partial charge in [0.25, 0.3) is 5.91 Å². The molecular weight excluding hydrogens is 260 g/mol. The van der Waals surface area contributed by atoms with E-state index in [4.69, 9.17) is 10.5 Å². The van der Waals surface area contributed by atoms with Gasteiger partial charge >= 0.3 is 5.97 Å². The molecule has 20 heavy (non-hydrogen) atoms. The molecular formula is C13H18N4O3. The number of nitrogens with zero attached hydrogens (tertiary/aromatic N) is 2. The summed E-state index contributed by atoms with van der Waals surface area (Å²) in [6.07, 6.45) is 0. The van der Waals surface area contributed by atoms with Gasteiger partial charge in [-0.25, -0.2) is 9.78 Å². The number of ether oxygens (including phenoxy) is 1. The largest absolute Gasteiger partial charge is 0.464 e. The molecule has 0 aromatic carbocycles. The van der Waals surface area contributed by atoms with Gasteiger partial charge in [0, 0.05) is 19.6 Å². The summed E-state index contributed by atoms with van der Waals surface area (Å²) in [7, 11) is 0. The fraction of sp³-hybridized carbons (Fsp3) is 0.462. The third-order valence-corrected chi connectivity index (χ3v) is 3.08. The molecule has 0 radical (unpaired) electrons. The van der Waals surface area contributed by atoms with E-state index in [0.29, 0.717) is 25.5 Å². The minimum Gasteiger partial charge on any atom is -0.464 e.